The molecule has 1 amide bonds. The van der Waals surface area contributed by atoms with Gasteiger partial charge in [0, 0.05) is 34.3 Å². The molecule has 3 rings (SSSR count). The number of nitrogens with zero attached hydrogens (tertiary/aromatic N) is 2. The number of hydrogen-bond acceptors (Lipinski definition) is 4. The number of amides is 1. The number of rotatable bonds is 6. The van der Waals surface area contributed by atoms with Gasteiger partial charge in [0.1, 0.15) is 24.0 Å². The first kappa shape index (κ1) is 21.8. The fourth-order valence-electron chi connectivity index (χ4n) is 3.02. The summed E-state index contributed by atoms with van der Waals surface area (Å²) in [4.78, 5) is 30.0. The highest BCUT2D eigenvalue weighted by atomic mass is 79.9. The Morgan fingerprint density at radius 1 is 1.23 bits per heavy atom. The average molecular weight is 478 g/mol. The Labute approximate surface area is 179 Å². The summed E-state index contributed by atoms with van der Waals surface area (Å²) in [6.07, 6.45) is 0.0596. The van der Waals surface area contributed by atoms with E-state index in [2.05, 4.69) is 26.2 Å². The summed E-state index contributed by atoms with van der Waals surface area (Å²) in [7, 11) is 0. The molecule has 0 bridgehead atoms. The van der Waals surface area contributed by atoms with Crippen molar-refractivity contribution >= 4 is 27.5 Å². The summed E-state index contributed by atoms with van der Waals surface area (Å²) in [5, 5.41) is 11.7. The van der Waals surface area contributed by atoms with Crippen LogP contribution in [0, 0.1) is 18.6 Å². The zero-order chi connectivity index (χ0) is 21.8. The predicted octanol–water partition coefficient (Wildman–Crippen LogP) is 3.43. The first-order chi connectivity index (χ1) is 14.3. The first-order valence-corrected chi connectivity index (χ1v) is 9.81. The standard InChI is InChI=1S/C21H18BrF2N3O3/c1-12-16(7-8-28)21(30)27(20(25-12)13-3-2-4-15(23)9-13)11-19(29)26-18-6-5-14(22)10-17(18)24/h2-6,9-10,28H,7-8,11H2,1H3,(H,26,29). The number of carbonyl (C=O) groups excluding carboxylic acids is 1. The van der Waals surface area contributed by atoms with Crippen molar-refractivity contribution in [2.24, 2.45) is 0 Å². The second-order valence-corrected chi connectivity index (χ2v) is 7.46. The molecular formula is C21H18BrF2N3O3. The van der Waals surface area contributed by atoms with Crippen LogP contribution in [0.1, 0.15) is 11.3 Å². The lowest BCUT2D eigenvalue weighted by atomic mass is 10.1. The second kappa shape index (κ2) is 9.27. The molecule has 2 N–H and O–H groups in total. The topological polar surface area (TPSA) is 84.2 Å². The zero-order valence-corrected chi connectivity index (χ0v) is 17.5. The Bertz CT molecular complexity index is 1160. The molecule has 0 fully saturated rings. The van der Waals surface area contributed by atoms with E-state index in [1.807, 2.05) is 0 Å². The van der Waals surface area contributed by atoms with Gasteiger partial charge in [-0.15, -0.1) is 0 Å². The molecule has 0 radical (unpaired) electrons. The molecule has 0 aliphatic carbocycles. The maximum Gasteiger partial charge on any atom is 0.257 e. The summed E-state index contributed by atoms with van der Waals surface area (Å²) in [5.74, 6) is -1.72. The lowest BCUT2D eigenvalue weighted by Gasteiger charge is -2.16. The van der Waals surface area contributed by atoms with E-state index in [4.69, 9.17) is 0 Å². The molecular weight excluding hydrogens is 460 g/mol. The number of aliphatic hydroxyl groups excluding tert-OH is 1. The predicted molar refractivity (Wildman–Crippen MR) is 112 cm³/mol. The molecule has 0 saturated carbocycles. The quantitative estimate of drug-likeness (QED) is 0.569. The maximum absolute atomic E-state index is 14.0. The van der Waals surface area contributed by atoms with Crippen LogP contribution in [-0.4, -0.2) is 27.2 Å². The molecule has 1 heterocycles. The summed E-state index contributed by atoms with van der Waals surface area (Å²) >= 11 is 3.14. The minimum Gasteiger partial charge on any atom is -0.396 e. The second-order valence-electron chi connectivity index (χ2n) is 6.55. The normalized spacial score (nSPS) is 10.8. The van der Waals surface area contributed by atoms with Gasteiger partial charge >= 0.3 is 0 Å². The van der Waals surface area contributed by atoms with Crippen LogP contribution >= 0.6 is 15.9 Å². The number of aliphatic hydroxyl groups is 1. The summed E-state index contributed by atoms with van der Waals surface area (Å²) in [5.41, 5.74) is 0.374. The fourth-order valence-corrected chi connectivity index (χ4v) is 3.35. The van der Waals surface area contributed by atoms with Crippen molar-refractivity contribution in [3.63, 3.8) is 0 Å². The number of anilines is 1. The summed E-state index contributed by atoms with van der Waals surface area (Å²) < 4.78 is 29.4. The Kier molecular flexibility index (Phi) is 6.73. The number of hydrogen-bond donors (Lipinski definition) is 2. The van der Waals surface area contributed by atoms with E-state index in [1.165, 1.54) is 30.3 Å². The Morgan fingerprint density at radius 3 is 2.67 bits per heavy atom. The highest BCUT2D eigenvalue weighted by Gasteiger charge is 2.18. The maximum atomic E-state index is 14.0. The highest BCUT2D eigenvalue weighted by molar-refractivity contribution is 9.10. The monoisotopic (exact) mass is 477 g/mol. The van der Waals surface area contributed by atoms with E-state index in [9.17, 15) is 23.5 Å². The Balaban J connectivity index is 2.03. The molecule has 0 spiro atoms. The molecule has 3 aromatic rings. The van der Waals surface area contributed by atoms with Crippen molar-refractivity contribution in [2.75, 3.05) is 11.9 Å². The van der Waals surface area contributed by atoms with E-state index in [0.717, 1.165) is 4.57 Å². The van der Waals surface area contributed by atoms with Gasteiger partial charge in [0.15, 0.2) is 0 Å². The van der Waals surface area contributed by atoms with Crippen molar-refractivity contribution in [2.45, 2.75) is 19.9 Å². The molecule has 0 aliphatic rings. The SMILES string of the molecule is Cc1nc(-c2cccc(F)c2)n(CC(=O)Nc2ccc(Br)cc2F)c(=O)c1CCO. The molecule has 156 valence electrons. The number of carbonyl (C=O) groups is 1. The van der Waals surface area contributed by atoms with Gasteiger partial charge in [0.25, 0.3) is 5.56 Å². The largest absolute Gasteiger partial charge is 0.396 e. The molecule has 9 heteroatoms. The molecule has 2 aromatic carbocycles. The van der Waals surface area contributed by atoms with Gasteiger partial charge in [0.05, 0.1) is 5.69 Å². The fraction of sp³-hybridized carbons (Fsp3) is 0.190. The van der Waals surface area contributed by atoms with Gasteiger partial charge in [-0.1, -0.05) is 28.1 Å². The highest BCUT2D eigenvalue weighted by Crippen LogP contribution is 2.21. The number of benzene rings is 2. The lowest BCUT2D eigenvalue weighted by Crippen LogP contribution is -2.33. The third-order valence-electron chi connectivity index (χ3n) is 4.42. The van der Waals surface area contributed by atoms with Gasteiger partial charge < -0.3 is 10.4 Å². The molecule has 30 heavy (non-hydrogen) atoms. The van der Waals surface area contributed by atoms with Gasteiger partial charge in [0.2, 0.25) is 5.91 Å². The van der Waals surface area contributed by atoms with Crippen molar-refractivity contribution < 1.29 is 18.7 Å². The smallest absolute Gasteiger partial charge is 0.257 e. The summed E-state index contributed by atoms with van der Waals surface area (Å²) in [6.45, 7) is 0.871. The van der Waals surface area contributed by atoms with E-state index < -0.39 is 29.6 Å². The van der Waals surface area contributed by atoms with Crippen LogP contribution in [0.2, 0.25) is 0 Å². The van der Waals surface area contributed by atoms with Crippen LogP contribution < -0.4 is 10.9 Å². The molecule has 0 aliphatic heterocycles. The van der Waals surface area contributed by atoms with E-state index in [-0.39, 0.29) is 30.1 Å². The molecule has 0 unspecified atom stereocenters. The number of aromatic nitrogens is 2. The third-order valence-corrected chi connectivity index (χ3v) is 4.91. The lowest BCUT2D eigenvalue weighted by molar-refractivity contribution is -0.116. The number of nitrogens with one attached hydrogen (secondary N) is 1. The van der Waals surface area contributed by atoms with Crippen LogP contribution in [0.15, 0.2) is 51.7 Å². The minimum atomic E-state index is -0.656. The van der Waals surface area contributed by atoms with Gasteiger partial charge in [-0.25, -0.2) is 13.8 Å². The number of aryl methyl sites for hydroxylation is 1. The minimum absolute atomic E-state index is 0.0424. The van der Waals surface area contributed by atoms with Crippen molar-refractivity contribution in [3.05, 3.63) is 80.2 Å². The van der Waals surface area contributed by atoms with Crippen LogP contribution in [0.5, 0.6) is 0 Å². The van der Waals surface area contributed by atoms with E-state index in [1.54, 1.807) is 19.1 Å². The first-order valence-electron chi connectivity index (χ1n) is 9.02. The number of halogens is 3. The molecule has 1 aromatic heterocycles. The average Bonchev–Trinajstić information content (AvgIpc) is 2.69. The molecule has 0 atom stereocenters. The molecule has 6 nitrogen and oxygen atoms in total. The zero-order valence-electron chi connectivity index (χ0n) is 16.0. The summed E-state index contributed by atoms with van der Waals surface area (Å²) in [6, 6.07) is 9.65. The Hall–Kier alpha value is -2.91. The van der Waals surface area contributed by atoms with Crippen molar-refractivity contribution in [1.82, 2.24) is 9.55 Å². The van der Waals surface area contributed by atoms with E-state index >= 15 is 0 Å². The van der Waals surface area contributed by atoms with Crippen LogP contribution in [0.3, 0.4) is 0 Å². The van der Waals surface area contributed by atoms with Crippen LogP contribution in [-0.2, 0) is 17.8 Å². The van der Waals surface area contributed by atoms with Crippen molar-refractivity contribution in [3.8, 4) is 11.4 Å². The van der Waals surface area contributed by atoms with Gasteiger partial charge in [-0.05, 0) is 37.3 Å². The van der Waals surface area contributed by atoms with Crippen molar-refractivity contribution in [1.29, 1.82) is 0 Å². The molecule has 0 saturated heterocycles. The van der Waals surface area contributed by atoms with Gasteiger partial charge in [-0.2, -0.15) is 0 Å². The van der Waals surface area contributed by atoms with Gasteiger partial charge in [-0.3, -0.25) is 14.2 Å². The van der Waals surface area contributed by atoms with E-state index in [0.29, 0.717) is 15.7 Å². The third kappa shape index (κ3) is 4.80. The van der Waals surface area contributed by atoms with Crippen LogP contribution in [0.25, 0.3) is 11.4 Å². The Morgan fingerprint density at radius 2 is 2.00 bits per heavy atom. The van der Waals surface area contributed by atoms with Crippen LogP contribution in [0.4, 0.5) is 14.5 Å².